The van der Waals surface area contributed by atoms with Gasteiger partial charge in [-0.2, -0.15) is 15.8 Å². The minimum absolute atomic E-state index is 0.0176. The van der Waals surface area contributed by atoms with Crippen molar-refractivity contribution in [2.45, 2.75) is 59.5 Å². The molecule has 1 aromatic carbocycles. The van der Waals surface area contributed by atoms with Crippen molar-refractivity contribution in [2.24, 2.45) is 5.41 Å². The minimum atomic E-state index is -0.879. The van der Waals surface area contributed by atoms with Crippen molar-refractivity contribution in [3.8, 4) is 18.2 Å². The molecule has 1 heterocycles. The first-order valence-corrected chi connectivity index (χ1v) is 13.2. The monoisotopic (exact) mass is 547 g/mol. The molecular formula is C30H37N5O5. The summed E-state index contributed by atoms with van der Waals surface area (Å²) in [6.45, 7) is 10.4. The Balaban J connectivity index is 1.83. The van der Waals surface area contributed by atoms with E-state index in [4.69, 9.17) is 14.2 Å². The highest BCUT2D eigenvalue weighted by Crippen LogP contribution is 2.45. The molecule has 1 amide bonds. The Morgan fingerprint density at radius 3 is 2.27 bits per heavy atom. The minimum Gasteiger partial charge on any atom is -0.480 e. The van der Waals surface area contributed by atoms with Crippen molar-refractivity contribution < 1.29 is 23.8 Å². The number of hydrogen-bond donors (Lipinski definition) is 1. The zero-order valence-corrected chi connectivity index (χ0v) is 24.1. The van der Waals surface area contributed by atoms with Gasteiger partial charge in [0.2, 0.25) is 0 Å². The Morgan fingerprint density at radius 2 is 1.70 bits per heavy atom. The molecule has 0 aromatic heterocycles. The number of unbranched alkanes of at least 4 members (excludes halogenated alkanes) is 1. The molecule has 0 bridgehead atoms. The van der Waals surface area contributed by atoms with Crippen molar-refractivity contribution in [3.63, 3.8) is 0 Å². The molecule has 1 aliphatic heterocycles. The molecular weight excluding hydrogens is 510 g/mol. The van der Waals surface area contributed by atoms with E-state index in [0.29, 0.717) is 18.4 Å². The second-order valence-corrected chi connectivity index (χ2v) is 10.5. The highest BCUT2D eigenvalue weighted by Gasteiger charge is 2.40. The summed E-state index contributed by atoms with van der Waals surface area (Å²) in [6.07, 6.45) is 1.59. The van der Waals surface area contributed by atoms with Gasteiger partial charge in [0.15, 0.2) is 11.3 Å². The molecule has 0 saturated heterocycles. The lowest BCUT2D eigenvalue weighted by Crippen LogP contribution is -2.32. The maximum absolute atomic E-state index is 11.9. The number of ether oxygens (including phenoxy) is 3. The number of amides is 1. The van der Waals surface area contributed by atoms with Gasteiger partial charge >= 0.3 is 12.1 Å². The van der Waals surface area contributed by atoms with Gasteiger partial charge in [0.05, 0.1) is 18.6 Å². The smallest absolute Gasteiger partial charge is 0.407 e. The van der Waals surface area contributed by atoms with Gasteiger partial charge in [-0.15, -0.1) is 0 Å². The lowest BCUT2D eigenvalue weighted by molar-refractivity contribution is -0.153. The summed E-state index contributed by atoms with van der Waals surface area (Å²) in [4.78, 5) is 25.8. The van der Waals surface area contributed by atoms with Gasteiger partial charge in [-0.1, -0.05) is 19.1 Å². The van der Waals surface area contributed by atoms with Gasteiger partial charge in [-0.05, 0) is 64.7 Å². The molecule has 212 valence electrons. The Morgan fingerprint density at radius 1 is 1.05 bits per heavy atom. The van der Waals surface area contributed by atoms with Crippen LogP contribution in [0.3, 0.4) is 0 Å². The van der Waals surface area contributed by atoms with Gasteiger partial charge < -0.3 is 24.4 Å². The van der Waals surface area contributed by atoms with Crippen LogP contribution in [0.15, 0.2) is 41.2 Å². The first-order valence-electron chi connectivity index (χ1n) is 13.2. The number of nitrogens with one attached hydrogen (secondary N) is 1. The highest BCUT2D eigenvalue weighted by atomic mass is 16.6. The van der Waals surface area contributed by atoms with E-state index in [2.05, 4.69) is 16.3 Å². The first-order chi connectivity index (χ1) is 18.9. The highest BCUT2D eigenvalue weighted by molar-refractivity contribution is 5.84. The van der Waals surface area contributed by atoms with Crippen molar-refractivity contribution in [3.05, 3.63) is 46.7 Å². The SMILES string of the molecule is CCC(C)(C)C(=O)OCCNC(=O)OCCCCN(C)c1ccc(C2=C(C#N)C(=C(C#N)C#N)OC2(C)C)cc1. The van der Waals surface area contributed by atoms with Crippen LogP contribution in [0, 0.1) is 39.4 Å². The van der Waals surface area contributed by atoms with Crippen LogP contribution >= 0.6 is 0 Å². The number of nitriles is 3. The molecule has 0 spiro atoms. The van der Waals surface area contributed by atoms with Crippen molar-refractivity contribution >= 4 is 23.3 Å². The molecule has 40 heavy (non-hydrogen) atoms. The number of nitrogens with zero attached hydrogens (tertiary/aromatic N) is 4. The molecule has 1 aliphatic rings. The molecule has 0 radical (unpaired) electrons. The second kappa shape index (κ2) is 14.1. The third kappa shape index (κ3) is 8.01. The number of alkyl carbamates (subject to hydrolysis) is 1. The molecule has 10 heteroatoms. The van der Waals surface area contributed by atoms with Crippen molar-refractivity contribution in [2.75, 3.05) is 38.3 Å². The molecule has 0 unspecified atom stereocenters. The zero-order chi connectivity index (χ0) is 29.9. The number of benzene rings is 1. The van der Waals surface area contributed by atoms with E-state index >= 15 is 0 Å². The largest absolute Gasteiger partial charge is 0.480 e. The zero-order valence-electron chi connectivity index (χ0n) is 24.1. The molecule has 1 N–H and O–H groups in total. The Labute approximate surface area is 236 Å². The first kappa shape index (κ1) is 31.7. The lowest BCUT2D eigenvalue weighted by Gasteiger charge is -2.24. The van der Waals surface area contributed by atoms with Crippen molar-refractivity contribution in [1.82, 2.24) is 5.32 Å². The van der Waals surface area contributed by atoms with Crippen LogP contribution in [0.5, 0.6) is 0 Å². The van der Waals surface area contributed by atoms with Gasteiger partial charge in [-0.3, -0.25) is 4.79 Å². The third-order valence-corrected chi connectivity index (χ3v) is 6.76. The van der Waals surface area contributed by atoms with Crippen LogP contribution in [-0.2, 0) is 19.0 Å². The number of allylic oxidation sites excluding steroid dienone is 2. The maximum atomic E-state index is 11.9. The van der Waals surface area contributed by atoms with Gasteiger partial charge in [-0.25, -0.2) is 4.79 Å². The van der Waals surface area contributed by atoms with E-state index in [0.717, 1.165) is 24.2 Å². The number of anilines is 1. The normalized spacial score (nSPS) is 13.8. The van der Waals surface area contributed by atoms with Crippen molar-refractivity contribution in [1.29, 1.82) is 15.8 Å². The van der Waals surface area contributed by atoms with E-state index < -0.39 is 17.1 Å². The predicted octanol–water partition coefficient (Wildman–Crippen LogP) is 5.00. The molecule has 0 saturated carbocycles. The molecule has 10 nitrogen and oxygen atoms in total. The second-order valence-electron chi connectivity index (χ2n) is 10.5. The van der Waals surface area contributed by atoms with Crippen LogP contribution in [0.25, 0.3) is 5.57 Å². The van der Waals surface area contributed by atoms with Crippen LogP contribution < -0.4 is 10.2 Å². The van der Waals surface area contributed by atoms with Crippen LogP contribution in [0.1, 0.15) is 59.4 Å². The average molecular weight is 548 g/mol. The summed E-state index contributed by atoms with van der Waals surface area (Å²) in [5.41, 5.74) is 0.899. The summed E-state index contributed by atoms with van der Waals surface area (Å²) >= 11 is 0. The fraction of sp³-hybridized carbons (Fsp3) is 0.500. The fourth-order valence-corrected chi connectivity index (χ4v) is 3.99. The molecule has 1 aromatic rings. The summed E-state index contributed by atoms with van der Waals surface area (Å²) in [5.74, 6) is -0.274. The van der Waals surface area contributed by atoms with Crippen LogP contribution in [0.2, 0.25) is 0 Å². The van der Waals surface area contributed by atoms with E-state index in [9.17, 15) is 25.4 Å². The number of rotatable bonds is 12. The number of esters is 1. The average Bonchev–Trinajstić information content (AvgIpc) is 3.21. The fourth-order valence-electron chi connectivity index (χ4n) is 3.99. The Bertz CT molecular complexity index is 1260. The van der Waals surface area contributed by atoms with Gasteiger partial charge in [0.25, 0.3) is 0 Å². The molecule has 2 rings (SSSR count). The lowest BCUT2D eigenvalue weighted by atomic mass is 9.89. The quantitative estimate of drug-likeness (QED) is 0.217. The molecule has 0 fully saturated rings. The Hall–Kier alpha value is -4.49. The number of carbonyl (C=O) groups excluding carboxylic acids is 2. The molecule has 0 atom stereocenters. The van der Waals surface area contributed by atoms with Crippen LogP contribution in [0.4, 0.5) is 10.5 Å². The Kier molecular flexibility index (Phi) is 11.1. The van der Waals surface area contributed by atoms with Gasteiger partial charge in [0, 0.05) is 24.9 Å². The third-order valence-electron chi connectivity index (χ3n) is 6.76. The van der Waals surface area contributed by atoms with E-state index in [-0.39, 0.29) is 42.6 Å². The number of hydrogen-bond acceptors (Lipinski definition) is 9. The topological polar surface area (TPSA) is 148 Å². The summed E-state index contributed by atoms with van der Waals surface area (Å²) in [5, 5.41) is 30.8. The van der Waals surface area contributed by atoms with E-state index in [1.807, 2.05) is 52.1 Å². The standard InChI is InChI=1S/C30H37N5O5/c1-7-29(2,3)27(36)38-17-14-34-28(37)39-16-9-8-15-35(6)23-12-10-21(11-13-23)25-24(20-33)26(22(18-31)19-32)40-30(25,4)5/h10-13H,7-9,14-17H2,1-6H3,(H,34,37). The molecule has 0 aliphatic carbocycles. The van der Waals surface area contributed by atoms with E-state index in [1.54, 1.807) is 26.0 Å². The summed E-state index contributed by atoms with van der Waals surface area (Å²) < 4.78 is 16.2. The predicted molar refractivity (Wildman–Crippen MR) is 149 cm³/mol. The van der Waals surface area contributed by atoms with Gasteiger partial charge in [0.1, 0.15) is 36.0 Å². The number of carbonyl (C=O) groups is 2. The van der Waals surface area contributed by atoms with Crippen LogP contribution in [-0.4, -0.2) is 51.0 Å². The summed E-state index contributed by atoms with van der Waals surface area (Å²) in [6, 6.07) is 13.3. The van der Waals surface area contributed by atoms with E-state index in [1.165, 1.54) is 0 Å². The maximum Gasteiger partial charge on any atom is 0.407 e. The summed E-state index contributed by atoms with van der Waals surface area (Å²) in [7, 11) is 1.96.